The monoisotopic (exact) mass is 377 g/mol. The molecular formula is C24H31N3O. The summed E-state index contributed by atoms with van der Waals surface area (Å²) in [5.41, 5.74) is 3.95. The van der Waals surface area contributed by atoms with Crippen LogP contribution in [0.15, 0.2) is 60.8 Å². The lowest BCUT2D eigenvalue weighted by Crippen LogP contribution is -2.40. The van der Waals surface area contributed by atoms with Crippen molar-refractivity contribution in [3.63, 3.8) is 0 Å². The lowest BCUT2D eigenvalue weighted by atomic mass is 9.99. The highest BCUT2D eigenvalue weighted by Gasteiger charge is 2.18. The highest BCUT2D eigenvalue weighted by atomic mass is 16.3. The molecule has 1 aliphatic heterocycles. The lowest BCUT2D eigenvalue weighted by molar-refractivity contribution is 0.121. The number of hydrogen-bond acceptors (Lipinski definition) is 3. The standard InChI is InChI=1S/C24H31N3O/c28-19-22-7-4-12-26(17-22)14-11-25-16-21-8-9-23-10-13-27(24(23)15-21)18-20-5-2-1-3-6-20/h1-3,5-6,8-10,13,15,22,25,28H,4,7,11-12,14,16-19H2. The van der Waals surface area contributed by atoms with Crippen LogP contribution in [0.2, 0.25) is 0 Å². The number of rotatable bonds is 8. The van der Waals surface area contributed by atoms with Crippen LogP contribution in [0.5, 0.6) is 0 Å². The average molecular weight is 378 g/mol. The molecule has 1 unspecified atom stereocenters. The minimum absolute atomic E-state index is 0.326. The van der Waals surface area contributed by atoms with Gasteiger partial charge in [-0.15, -0.1) is 0 Å². The Morgan fingerprint density at radius 2 is 1.93 bits per heavy atom. The van der Waals surface area contributed by atoms with E-state index in [1.807, 2.05) is 0 Å². The number of hydrogen-bond donors (Lipinski definition) is 2. The summed E-state index contributed by atoms with van der Waals surface area (Å²) in [6.45, 7) is 6.37. The normalized spacial score (nSPS) is 18.0. The highest BCUT2D eigenvalue weighted by Crippen LogP contribution is 2.19. The van der Waals surface area contributed by atoms with Crippen LogP contribution in [0, 0.1) is 5.92 Å². The van der Waals surface area contributed by atoms with Crippen molar-refractivity contribution >= 4 is 10.9 Å². The summed E-state index contributed by atoms with van der Waals surface area (Å²) in [7, 11) is 0. The molecule has 0 saturated carbocycles. The minimum atomic E-state index is 0.326. The van der Waals surface area contributed by atoms with Gasteiger partial charge in [0.1, 0.15) is 0 Å². The molecule has 1 aliphatic rings. The summed E-state index contributed by atoms with van der Waals surface area (Å²) < 4.78 is 2.33. The number of aliphatic hydroxyl groups excluding tert-OH is 1. The van der Waals surface area contributed by atoms with Crippen molar-refractivity contribution in [2.75, 3.05) is 32.8 Å². The first-order valence-electron chi connectivity index (χ1n) is 10.5. The minimum Gasteiger partial charge on any atom is -0.396 e. The number of piperidine rings is 1. The van der Waals surface area contributed by atoms with Crippen LogP contribution in [-0.4, -0.2) is 47.4 Å². The highest BCUT2D eigenvalue weighted by molar-refractivity contribution is 5.81. The third kappa shape index (κ3) is 4.82. The second kappa shape index (κ2) is 9.37. The molecular weight excluding hydrogens is 346 g/mol. The van der Waals surface area contributed by atoms with E-state index in [1.54, 1.807) is 0 Å². The summed E-state index contributed by atoms with van der Waals surface area (Å²) in [6, 6.07) is 19.6. The van der Waals surface area contributed by atoms with Gasteiger partial charge in [-0.25, -0.2) is 0 Å². The molecule has 1 aromatic heterocycles. The van der Waals surface area contributed by atoms with Crippen LogP contribution in [-0.2, 0) is 13.1 Å². The van der Waals surface area contributed by atoms with Crippen LogP contribution in [0.4, 0.5) is 0 Å². The smallest absolute Gasteiger partial charge is 0.0486 e. The van der Waals surface area contributed by atoms with Crippen LogP contribution >= 0.6 is 0 Å². The molecule has 4 rings (SSSR count). The number of nitrogens with zero attached hydrogens (tertiary/aromatic N) is 2. The van der Waals surface area contributed by atoms with E-state index < -0.39 is 0 Å². The fourth-order valence-corrected chi connectivity index (χ4v) is 4.23. The van der Waals surface area contributed by atoms with Gasteiger partial charge in [-0.1, -0.05) is 42.5 Å². The molecule has 4 nitrogen and oxygen atoms in total. The molecule has 2 N–H and O–H groups in total. The van der Waals surface area contributed by atoms with Gasteiger partial charge < -0.3 is 19.9 Å². The summed E-state index contributed by atoms with van der Waals surface area (Å²) in [5.74, 6) is 0.466. The third-order valence-electron chi connectivity index (χ3n) is 5.83. The fourth-order valence-electron chi connectivity index (χ4n) is 4.23. The van der Waals surface area contributed by atoms with E-state index in [2.05, 4.69) is 75.6 Å². The fraction of sp³-hybridized carbons (Fsp3) is 0.417. The Morgan fingerprint density at radius 1 is 1.04 bits per heavy atom. The number of likely N-dealkylation sites (tertiary alicyclic amines) is 1. The van der Waals surface area contributed by atoms with Gasteiger partial charge in [0, 0.05) is 51.0 Å². The summed E-state index contributed by atoms with van der Waals surface area (Å²) >= 11 is 0. The number of fused-ring (bicyclic) bond motifs is 1. The Balaban J connectivity index is 1.32. The van der Waals surface area contributed by atoms with Crippen LogP contribution in [0.3, 0.4) is 0 Å². The van der Waals surface area contributed by atoms with E-state index >= 15 is 0 Å². The molecule has 0 spiro atoms. The predicted octanol–water partition coefficient (Wildman–Crippen LogP) is 3.48. The van der Waals surface area contributed by atoms with Crippen molar-refractivity contribution in [1.82, 2.24) is 14.8 Å². The first-order valence-corrected chi connectivity index (χ1v) is 10.5. The molecule has 1 atom stereocenters. The molecule has 2 heterocycles. The van der Waals surface area contributed by atoms with E-state index in [1.165, 1.54) is 34.9 Å². The van der Waals surface area contributed by atoms with Gasteiger partial charge >= 0.3 is 0 Å². The molecule has 4 heteroatoms. The third-order valence-corrected chi connectivity index (χ3v) is 5.83. The SMILES string of the molecule is OCC1CCCN(CCNCc2ccc3ccn(Cc4ccccc4)c3c2)C1. The predicted molar refractivity (Wildman–Crippen MR) is 115 cm³/mol. The Morgan fingerprint density at radius 3 is 2.79 bits per heavy atom. The van der Waals surface area contributed by atoms with E-state index in [0.717, 1.165) is 39.3 Å². The van der Waals surface area contributed by atoms with Crippen molar-refractivity contribution in [2.24, 2.45) is 5.92 Å². The molecule has 2 aromatic carbocycles. The zero-order valence-corrected chi connectivity index (χ0v) is 16.6. The average Bonchev–Trinajstić information content (AvgIpc) is 3.14. The zero-order chi connectivity index (χ0) is 19.2. The van der Waals surface area contributed by atoms with Crippen molar-refractivity contribution in [1.29, 1.82) is 0 Å². The van der Waals surface area contributed by atoms with E-state index in [0.29, 0.717) is 12.5 Å². The van der Waals surface area contributed by atoms with Crippen molar-refractivity contribution in [3.05, 3.63) is 71.9 Å². The Labute approximate surface area is 167 Å². The maximum Gasteiger partial charge on any atom is 0.0486 e. The first-order chi connectivity index (χ1) is 13.8. The number of aromatic nitrogens is 1. The maximum atomic E-state index is 9.37. The van der Waals surface area contributed by atoms with Gasteiger partial charge in [0.2, 0.25) is 0 Å². The Kier molecular flexibility index (Phi) is 6.42. The van der Waals surface area contributed by atoms with Crippen LogP contribution in [0.25, 0.3) is 10.9 Å². The largest absolute Gasteiger partial charge is 0.396 e. The Bertz CT molecular complexity index is 874. The van der Waals surface area contributed by atoms with Gasteiger partial charge in [-0.3, -0.25) is 0 Å². The zero-order valence-electron chi connectivity index (χ0n) is 16.6. The molecule has 148 valence electrons. The molecule has 28 heavy (non-hydrogen) atoms. The second-order valence-corrected chi connectivity index (χ2v) is 7.99. The van der Waals surface area contributed by atoms with Gasteiger partial charge in [-0.2, -0.15) is 0 Å². The molecule has 0 radical (unpaired) electrons. The number of nitrogens with one attached hydrogen (secondary N) is 1. The van der Waals surface area contributed by atoms with Gasteiger partial charge in [0.25, 0.3) is 0 Å². The number of benzene rings is 2. The summed E-state index contributed by atoms with van der Waals surface area (Å²) in [5, 5.41) is 14.3. The second-order valence-electron chi connectivity index (χ2n) is 7.99. The van der Waals surface area contributed by atoms with E-state index in [4.69, 9.17) is 0 Å². The van der Waals surface area contributed by atoms with Crippen LogP contribution < -0.4 is 5.32 Å². The Hall–Kier alpha value is -2.14. The molecule has 0 bridgehead atoms. The number of aliphatic hydroxyl groups is 1. The molecule has 1 fully saturated rings. The topological polar surface area (TPSA) is 40.4 Å². The molecule has 1 saturated heterocycles. The molecule has 0 aliphatic carbocycles. The van der Waals surface area contributed by atoms with Crippen molar-refractivity contribution in [2.45, 2.75) is 25.9 Å². The summed E-state index contributed by atoms with van der Waals surface area (Å²) in [4.78, 5) is 2.48. The molecule has 0 amide bonds. The van der Waals surface area contributed by atoms with Gasteiger partial charge in [-0.05, 0) is 54.0 Å². The van der Waals surface area contributed by atoms with Crippen LogP contribution in [0.1, 0.15) is 24.0 Å². The van der Waals surface area contributed by atoms with Gasteiger partial charge in [0.15, 0.2) is 0 Å². The lowest BCUT2D eigenvalue weighted by Gasteiger charge is -2.31. The maximum absolute atomic E-state index is 9.37. The quantitative estimate of drug-likeness (QED) is 0.591. The first kappa shape index (κ1) is 19.2. The van der Waals surface area contributed by atoms with E-state index in [-0.39, 0.29) is 0 Å². The van der Waals surface area contributed by atoms with Gasteiger partial charge in [0.05, 0.1) is 0 Å². The molecule has 3 aromatic rings. The summed E-state index contributed by atoms with van der Waals surface area (Å²) in [6.07, 6.45) is 4.56. The van der Waals surface area contributed by atoms with E-state index in [9.17, 15) is 5.11 Å². The van der Waals surface area contributed by atoms with Crippen molar-refractivity contribution in [3.8, 4) is 0 Å². The van der Waals surface area contributed by atoms with Crippen molar-refractivity contribution < 1.29 is 5.11 Å².